The second-order valence-electron chi connectivity index (χ2n) is 7.11. The molecule has 0 saturated carbocycles. The molecular formula is C22H23FN6O2. The lowest BCUT2D eigenvalue weighted by Gasteiger charge is -2.27. The Balaban J connectivity index is 1.49. The van der Waals surface area contributed by atoms with Gasteiger partial charge in [-0.3, -0.25) is 4.79 Å². The van der Waals surface area contributed by atoms with Gasteiger partial charge in [-0.15, -0.1) is 0 Å². The number of benzene rings is 2. The van der Waals surface area contributed by atoms with Crippen molar-refractivity contribution < 1.29 is 13.9 Å². The second-order valence-corrected chi connectivity index (χ2v) is 7.11. The van der Waals surface area contributed by atoms with Crippen molar-refractivity contribution in [3.05, 3.63) is 60.2 Å². The lowest BCUT2D eigenvalue weighted by molar-refractivity contribution is -0.131. The molecule has 3 aromatic rings. The van der Waals surface area contributed by atoms with Gasteiger partial charge in [-0.05, 0) is 29.8 Å². The van der Waals surface area contributed by atoms with Crippen molar-refractivity contribution in [3.63, 3.8) is 0 Å². The van der Waals surface area contributed by atoms with Crippen molar-refractivity contribution in [2.24, 2.45) is 0 Å². The Morgan fingerprint density at radius 2 is 2.03 bits per heavy atom. The summed E-state index contributed by atoms with van der Waals surface area (Å²) in [4.78, 5) is 27.2. The summed E-state index contributed by atoms with van der Waals surface area (Å²) < 4.78 is 18.7. The average Bonchev–Trinajstić information content (AvgIpc) is 2.80. The van der Waals surface area contributed by atoms with E-state index < -0.39 is 5.82 Å². The third-order valence-corrected chi connectivity index (χ3v) is 4.98. The molecule has 0 bridgehead atoms. The molecule has 1 aromatic heterocycles. The number of piperazine rings is 1. The number of carbonyl (C=O) groups is 1. The minimum atomic E-state index is -0.403. The molecule has 0 aliphatic carbocycles. The van der Waals surface area contributed by atoms with Crippen molar-refractivity contribution in [1.82, 2.24) is 25.2 Å². The van der Waals surface area contributed by atoms with Crippen LogP contribution in [0.15, 0.2) is 48.8 Å². The summed E-state index contributed by atoms with van der Waals surface area (Å²) in [5.41, 5.74) is 2.22. The molecule has 0 spiro atoms. The maximum Gasteiger partial charge on any atom is 0.230 e. The van der Waals surface area contributed by atoms with E-state index in [-0.39, 0.29) is 5.91 Å². The smallest absolute Gasteiger partial charge is 0.230 e. The highest BCUT2D eigenvalue weighted by molar-refractivity contribution is 5.79. The minimum Gasteiger partial charge on any atom is -0.496 e. The number of rotatable bonds is 6. The van der Waals surface area contributed by atoms with Crippen LogP contribution in [0.25, 0.3) is 11.4 Å². The number of methoxy groups -OCH3 is 1. The van der Waals surface area contributed by atoms with E-state index in [1.54, 1.807) is 6.07 Å². The van der Waals surface area contributed by atoms with Gasteiger partial charge in [0.05, 0.1) is 19.1 Å². The molecule has 2 N–H and O–H groups in total. The Hall–Kier alpha value is -3.59. The molecule has 0 unspecified atom stereocenters. The van der Waals surface area contributed by atoms with Crippen LogP contribution in [0, 0.1) is 5.82 Å². The number of aromatic nitrogens is 3. The minimum absolute atomic E-state index is 0.115. The number of halogens is 1. The van der Waals surface area contributed by atoms with Crippen molar-refractivity contribution in [2.45, 2.75) is 6.42 Å². The monoisotopic (exact) mass is 422 g/mol. The zero-order valence-corrected chi connectivity index (χ0v) is 17.1. The molecule has 160 valence electrons. The molecule has 31 heavy (non-hydrogen) atoms. The van der Waals surface area contributed by atoms with Crippen LogP contribution < -0.4 is 15.4 Å². The number of hydrogen-bond acceptors (Lipinski definition) is 7. The van der Waals surface area contributed by atoms with Gasteiger partial charge in [0.15, 0.2) is 5.82 Å². The van der Waals surface area contributed by atoms with E-state index in [0.29, 0.717) is 29.5 Å². The van der Waals surface area contributed by atoms with Gasteiger partial charge < -0.3 is 20.3 Å². The number of nitrogens with zero attached hydrogens (tertiary/aromatic N) is 4. The van der Waals surface area contributed by atoms with Crippen molar-refractivity contribution in [3.8, 4) is 17.1 Å². The largest absolute Gasteiger partial charge is 0.496 e. The van der Waals surface area contributed by atoms with Crippen LogP contribution in [0.5, 0.6) is 5.75 Å². The Bertz CT molecular complexity index is 1070. The van der Waals surface area contributed by atoms with E-state index in [4.69, 9.17) is 4.74 Å². The van der Waals surface area contributed by atoms with Crippen molar-refractivity contribution in [2.75, 3.05) is 38.6 Å². The van der Waals surface area contributed by atoms with Crippen LogP contribution in [-0.2, 0) is 11.2 Å². The van der Waals surface area contributed by atoms with Crippen LogP contribution in [0.1, 0.15) is 5.56 Å². The Morgan fingerprint density at radius 3 is 2.84 bits per heavy atom. The van der Waals surface area contributed by atoms with Crippen LogP contribution in [0.3, 0.4) is 0 Å². The van der Waals surface area contributed by atoms with E-state index in [1.807, 2.05) is 29.2 Å². The van der Waals surface area contributed by atoms with Crippen LogP contribution in [0.4, 0.5) is 16.0 Å². The molecule has 0 radical (unpaired) electrons. The van der Waals surface area contributed by atoms with Crippen LogP contribution in [-0.4, -0.2) is 59.0 Å². The summed E-state index contributed by atoms with van der Waals surface area (Å²) in [7, 11) is 1.46. The second kappa shape index (κ2) is 9.48. The predicted octanol–water partition coefficient (Wildman–Crippen LogP) is 2.40. The van der Waals surface area contributed by atoms with E-state index in [0.717, 1.165) is 37.4 Å². The molecule has 2 heterocycles. The van der Waals surface area contributed by atoms with Crippen LogP contribution in [0.2, 0.25) is 0 Å². The zero-order valence-electron chi connectivity index (χ0n) is 17.1. The quantitative estimate of drug-likeness (QED) is 0.630. The first-order chi connectivity index (χ1) is 15.1. The van der Waals surface area contributed by atoms with E-state index in [2.05, 4.69) is 25.6 Å². The molecule has 1 amide bonds. The highest BCUT2D eigenvalue weighted by atomic mass is 19.1. The van der Waals surface area contributed by atoms with Gasteiger partial charge in [-0.2, -0.15) is 4.98 Å². The standard InChI is InChI=1S/C22H23FN6O2/c1-31-19-13-16(23)5-6-18(19)21-25-14-26-22(28-21)27-17-4-2-3-15(11-17)12-20(30)29-9-7-24-8-10-29/h2-6,11,13-14,24H,7-10,12H2,1H3,(H,25,26,27,28). The Kier molecular flexibility index (Phi) is 6.32. The van der Waals surface area contributed by atoms with Crippen molar-refractivity contribution in [1.29, 1.82) is 0 Å². The number of amides is 1. The number of hydrogen-bond donors (Lipinski definition) is 2. The third kappa shape index (κ3) is 5.13. The molecular weight excluding hydrogens is 399 g/mol. The maximum absolute atomic E-state index is 13.5. The molecule has 1 aliphatic heterocycles. The summed E-state index contributed by atoms with van der Waals surface area (Å²) in [6, 6.07) is 11.8. The highest BCUT2D eigenvalue weighted by Gasteiger charge is 2.16. The average molecular weight is 422 g/mol. The fourth-order valence-corrected chi connectivity index (χ4v) is 3.42. The molecule has 0 atom stereocenters. The Morgan fingerprint density at radius 1 is 1.19 bits per heavy atom. The normalized spacial score (nSPS) is 13.7. The number of carbonyl (C=O) groups excluding carboxylic acids is 1. The van der Waals surface area contributed by atoms with E-state index >= 15 is 0 Å². The summed E-state index contributed by atoms with van der Waals surface area (Å²) in [6.45, 7) is 3.12. The first-order valence-corrected chi connectivity index (χ1v) is 10.00. The number of nitrogens with one attached hydrogen (secondary N) is 2. The fourth-order valence-electron chi connectivity index (χ4n) is 3.42. The molecule has 1 fully saturated rings. The molecule has 9 heteroatoms. The number of ether oxygens (including phenoxy) is 1. The first kappa shape index (κ1) is 20.7. The lowest BCUT2D eigenvalue weighted by Crippen LogP contribution is -2.46. The molecule has 1 saturated heterocycles. The zero-order chi connectivity index (χ0) is 21.6. The molecule has 2 aromatic carbocycles. The number of anilines is 2. The summed E-state index contributed by atoms with van der Waals surface area (Å²) >= 11 is 0. The van der Waals surface area contributed by atoms with Gasteiger partial charge in [0, 0.05) is 37.9 Å². The summed E-state index contributed by atoms with van der Waals surface area (Å²) in [6.07, 6.45) is 1.72. The Labute approximate surface area is 179 Å². The lowest BCUT2D eigenvalue weighted by atomic mass is 10.1. The van der Waals surface area contributed by atoms with E-state index in [1.165, 1.54) is 25.6 Å². The summed E-state index contributed by atoms with van der Waals surface area (Å²) in [5, 5.41) is 6.39. The van der Waals surface area contributed by atoms with Gasteiger partial charge in [0.25, 0.3) is 0 Å². The topological polar surface area (TPSA) is 92.3 Å². The fraction of sp³-hybridized carbons (Fsp3) is 0.273. The maximum atomic E-state index is 13.5. The van der Waals surface area contributed by atoms with Gasteiger partial charge >= 0.3 is 0 Å². The predicted molar refractivity (Wildman–Crippen MR) is 115 cm³/mol. The van der Waals surface area contributed by atoms with Gasteiger partial charge in [-0.25, -0.2) is 14.4 Å². The van der Waals surface area contributed by atoms with Gasteiger partial charge in [0.2, 0.25) is 11.9 Å². The third-order valence-electron chi connectivity index (χ3n) is 4.98. The first-order valence-electron chi connectivity index (χ1n) is 10.00. The molecule has 8 nitrogen and oxygen atoms in total. The van der Waals surface area contributed by atoms with Crippen LogP contribution >= 0.6 is 0 Å². The summed E-state index contributed by atoms with van der Waals surface area (Å²) in [5.74, 6) is 0.747. The molecule has 4 rings (SSSR count). The highest BCUT2D eigenvalue weighted by Crippen LogP contribution is 2.28. The van der Waals surface area contributed by atoms with Gasteiger partial charge in [-0.1, -0.05) is 12.1 Å². The van der Waals surface area contributed by atoms with Gasteiger partial charge in [0.1, 0.15) is 17.9 Å². The SMILES string of the molecule is COc1cc(F)ccc1-c1ncnc(Nc2cccc(CC(=O)N3CCNCC3)c2)n1. The van der Waals surface area contributed by atoms with Crippen molar-refractivity contribution >= 4 is 17.5 Å². The van der Waals surface area contributed by atoms with E-state index in [9.17, 15) is 9.18 Å². The molecule has 1 aliphatic rings.